The Morgan fingerprint density at radius 3 is 2.95 bits per heavy atom. The van der Waals surface area contributed by atoms with Crippen LogP contribution in [0.15, 0.2) is 0 Å². The van der Waals surface area contributed by atoms with Crippen LogP contribution >= 0.6 is 22.6 Å². The summed E-state index contributed by atoms with van der Waals surface area (Å²) in [6.45, 7) is 2.18. The number of alkyl halides is 1. The number of urea groups is 1. The number of aliphatic hydroxyl groups excluding tert-OH is 1. The van der Waals surface area contributed by atoms with Gasteiger partial charge in [0.1, 0.15) is 12.3 Å². The maximum atomic E-state index is 11.8. The van der Waals surface area contributed by atoms with Crippen molar-refractivity contribution in [2.75, 3.05) is 17.5 Å². The normalized spacial score (nSPS) is 33.0. The van der Waals surface area contributed by atoms with E-state index in [2.05, 4.69) is 10.6 Å². The third kappa shape index (κ3) is 3.83. The van der Waals surface area contributed by atoms with E-state index in [0.717, 1.165) is 0 Å². The second kappa shape index (κ2) is 6.88. The average Bonchev–Trinajstić information content (AvgIpc) is 2.81. The van der Waals surface area contributed by atoms with Crippen LogP contribution < -0.4 is 10.6 Å². The Balaban J connectivity index is 1.92. The Labute approximate surface area is 135 Å². The van der Waals surface area contributed by atoms with Crippen LogP contribution in [0.3, 0.4) is 0 Å². The van der Waals surface area contributed by atoms with Crippen LogP contribution in [0.25, 0.3) is 0 Å². The number of halogens is 1. The van der Waals surface area contributed by atoms with Gasteiger partial charge in [-0.05, 0) is 0 Å². The highest BCUT2D eigenvalue weighted by atomic mass is 127. The third-order valence-corrected chi connectivity index (χ3v) is 4.28. The standard InChI is InChI=1S/C12H18IN3O5/c1-6-5-16(12(20)15-11(6)19)10-2-7(17)8(21-10)4-14-9(18)3-13/h6-8,10,17H,2-5H2,1H3,(H,14,18)(H,15,19,20)/t6?,7-,8+,10+/m0/s1. The maximum absolute atomic E-state index is 11.8. The molecular formula is C12H18IN3O5. The second-order valence-electron chi connectivity index (χ2n) is 5.22. The SMILES string of the molecule is CC1CN([C@H]2C[C@H](O)[C@@H](CNC(=O)CI)O2)C(=O)NC1=O. The summed E-state index contributed by atoms with van der Waals surface area (Å²) in [6, 6.07) is -0.507. The quantitative estimate of drug-likeness (QED) is 0.415. The molecule has 0 aromatic heterocycles. The molecule has 9 heteroatoms. The van der Waals surface area contributed by atoms with Crippen molar-refractivity contribution in [3.8, 4) is 0 Å². The Kier molecular flexibility index (Phi) is 5.38. The molecule has 0 bridgehead atoms. The van der Waals surface area contributed by atoms with Gasteiger partial charge in [-0.25, -0.2) is 4.79 Å². The number of amides is 4. The fourth-order valence-corrected chi connectivity index (χ4v) is 2.63. The van der Waals surface area contributed by atoms with Crippen LogP contribution in [-0.2, 0) is 14.3 Å². The lowest BCUT2D eigenvalue weighted by molar-refractivity contribution is -0.128. The summed E-state index contributed by atoms with van der Waals surface area (Å²) < 4.78 is 5.98. The lowest BCUT2D eigenvalue weighted by Gasteiger charge is -2.34. The number of imide groups is 1. The monoisotopic (exact) mass is 411 g/mol. The smallest absolute Gasteiger partial charge is 0.326 e. The van der Waals surface area contributed by atoms with Crippen molar-refractivity contribution in [1.82, 2.24) is 15.5 Å². The number of aliphatic hydroxyl groups is 1. The van der Waals surface area contributed by atoms with Gasteiger partial charge in [0.2, 0.25) is 11.8 Å². The van der Waals surface area contributed by atoms with Crippen molar-refractivity contribution >= 4 is 40.4 Å². The number of hydrogen-bond donors (Lipinski definition) is 3. The van der Waals surface area contributed by atoms with E-state index in [4.69, 9.17) is 4.74 Å². The van der Waals surface area contributed by atoms with Crippen LogP contribution in [0.5, 0.6) is 0 Å². The van der Waals surface area contributed by atoms with Crippen molar-refractivity contribution < 1.29 is 24.2 Å². The lowest BCUT2D eigenvalue weighted by atomic mass is 10.1. The highest BCUT2D eigenvalue weighted by molar-refractivity contribution is 14.1. The van der Waals surface area contributed by atoms with Crippen LogP contribution in [0.4, 0.5) is 4.79 Å². The van der Waals surface area contributed by atoms with E-state index in [1.807, 2.05) is 22.6 Å². The zero-order chi connectivity index (χ0) is 15.6. The molecule has 0 aliphatic carbocycles. The van der Waals surface area contributed by atoms with Crippen molar-refractivity contribution in [3.05, 3.63) is 0 Å². The van der Waals surface area contributed by atoms with E-state index in [-0.39, 0.29) is 37.2 Å². The first kappa shape index (κ1) is 16.4. The van der Waals surface area contributed by atoms with Gasteiger partial charge in [0.05, 0.1) is 16.4 Å². The second-order valence-corrected chi connectivity index (χ2v) is 5.98. The fraction of sp³-hybridized carbons (Fsp3) is 0.750. The Morgan fingerprint density at radius 1 is 1.57 bits per heavy atom. The Morgan fingerprint density at radius 2 is 2.29 bits per heavy atom. The van der Waals surface area contributed by atoms with E-state index in [9.17, 15) is 19.5 Å². The molecule has 0 aromatic carbocycles. The topological polar surface area (TPSA) is 108 Å². The fourth-order valence-electron chi connectivity index (χ4n) is 2.36. The number of carbonyl (C=O) groups is 3. The molecule has 2 fully saturated rings. The highest BCUT2D eigenvalue weighted by Crippen LogP contribution is 2.25. The van der Waals surface area contributed by atoms with Crippen LogP contribution in [0.2, 0.25) is 0 Å². The van der Waals surface area contributed by atoms with Crippen molar-refractivity contribution in [2.45, 2.75) is 31.8 Å². The highest BCUT2D eigenvalue weighted by Gasteiger charge is 2.42. The van der Waals surface area contributed by atoms with E-state index in [1.165, 1.54) is 4.90 Å². The van der Waals surface area contributed by atoms with Crippen LogP contribution in [-0.4, -0.2) is 63.8 Å². The van der Waals surface area contributed by atoms with Gasteiger partial charge in [0.15, 0.2) is 0 Å². The zero-order valence-corrected chi connectivity index (χ0v) is 13.7. The molecular weight excluding hydrogens is 393 g/mol. The van der Waals surface area contributed by atoms with Crippen molar-refractivity contribution in [3.63, 3.8) is 0 Å². The summed E-state index contributed by atoms with van der Waals surface area (Å²) in [7, 11) is 0. The first-order valence-corrected chi connectivity index (χ1v) is 8.22. The van der Waals surface area contributed by atoms with E-state index >= 15 is 0 Å². The molecule has 0 saturated carbocycles. The minimum Gasteiger partial charge on any atom is -0.390 e. The number of nitrogens with one attached hydrogen (secondary N) is 2. The number of nitrogens with zero attached hydrogens (tertiary/aromatic N) is 1. The van der Waals surface area contributed by atoms with Gasteiger partial charge >= 0.3 is 6.03 Å². The molecule has 0 radical (unpaired) electrons. The molecule has 2 heterocycles. The van der Waals surface area contributed by atoms with Gasteiger partial charge in [-0.2, -0.15) is 0 Å². The zero-order valence-electron chi connectivity index (χ0n) is 11.5. The summed E-state index contributed by atoms with van der Waals surface area (Å²) in [4.78, 5) is 35.9. The first-order chi connectivity index (χ1) is 9.92. The number of hydrogen-bond acceptors (Lipinski definition) is 5. The number of carbonyl (C=O) groups excluding carboxylic acids is 3. The molecule has 2 aliphatic rings. The van der Waals surface area contributed by atoms with Crippen molar-refractivity contribution in [1.29, 1.82) is 0 Å². The van der Waals surface area contributed by atoms with Crippen LogP contribution in [0, 0.1) is 5.92 Å². The Bertz CT molecular complexity index is 447. The van der Waals surface area contributed by atoms with Gasteiger partial charge in [-0.15, -0.1) is 0 Å². The molecule has 0 aromatic rings. The Hall–Kier alpha value is -0.940. The molecule has 2 rings (SSSR count). The third-order valence-electron chi connectivity index (χ3n) is 3.58. The minimum atomic E-state index is -0.759. The predicted molar refractivity (Wildman–Crippen MR) is 80.6 cm³/mol. The lowest BCUT2D eigenvalue weighted by Crippen LogP contribution is -2.57. The molecule has 21 heavy (non-hydrogen) atoms. The summed E-state index contributed by atoms with van der Waals surface area (Å²) in [6.07, 6.45) is -1.64. The average molecular weight is 411 g/mol. The summed E-state index contributed by atoms with van der Waals surface area (Å²) in [5.41, 5.74) is 0. The molecule has 118 valence electrons. The molecule has 2 saturated heterocycles. The summed E-state index contributed by atoms with van der Waals surface area (Å²) in [5.74, 6) is -0.758. The molecule has 8 nitrogen and oxygen atoms in total. The number of ether oxygens (including phenoxy) is 1. The molecule has 1 unspecified atom stereocenters. The van der Waals surface area contributed by atoms with Gasteiger partial charge in [-0.3, -0.25) is 19.8 Å². The molecule has 0 spiro atoms. The largest absolute Gasteiger partial charge is 0.390 e. The predicted octanol–water partition coefficient (Wildman–Crippen LogP) is -0.799. The van der Waals surface area contributed by atoms with E-state index < -0.39 is 24.5 Å². The van der Waals surface area contributed by atoms with E-state index in [1.54, 1.807) is 6.92 Å². The number of rotatable bonds is 4. The maximum Gasteiger partial charge on any atom is 0.326 e. The van der Waals surface area contributed by atoms with E-state index in [0.29, 0.717) is 4.43 Å². The van der Waals surface area contributed by atoms with Gasteiger partial charge in [-0.1, -0.05) is 29.5 Å². The molecule has 4 atom stereocenters. The first-order valence-electron chi connectivity index (χ1n) is 6.70. The van der Waals surface area contributed by atoms with Crippen LogP contribution in [0.1, 0.15) is 13.3 Å². The summed E-state index contributed by atoms with van der Waals surface area (Å²) in [5, 5.41) is 14.9. The van der Waals surface area contributed by atoms with Gasteiger partial charge in [0.25, 0.3) is 0 Å². The molecule has 4 amide bonds. The minimum absolute atomic E-state index is 0.134. The van der Waals surface area contributed by atoms with Crippen molar-refractivity contribution in [2.24, 2.45) is 5.92 Å². The van der Waals surface area contributed by atoms with Gasteiger partial charge in [0, 0.05) is 19.5 Å². The summed E-state index contributed by atoms with van der Waals surface area (Å²) >= 11 is 1.94. The molecule has 2 aliphatic heterocycles. The molecule has 3 N–H and O–H groups in total. The van der Waals surface area contributed by atoms with Gasteiger partial charge < -0.3 is 15.2 Å².